The number of likely N-dealkylation sites (tertiary alicyclic amines) is 1. The van der Waals surface area contributed by atoms with Crippen molar-refractivity contribution in [3.8, 4) is 0 Å². The molecule has 1 fully saturated rings. The Morgan fingerprint density at radius 2 is 2.12 bits per heavy atom. The standard InChI is InChI=1S/C19H25N3O2/c1-14-10-17(21-24-14)8-9-19(23)20-11-16-12-22(2)13-18(16)15-6-4-3-5-7-15/h3-7,10,16,18H,8-9,11-13H2,1-2H3,(H,20,23)/t16-,18+/m1/s1. The fourth-order valence-electron chi connectivity index (χ4n) is 3.48. The van der Waals surface area contributed by atoms with Crippen LogP contribution >= 0.6 is 0 Å². The van der Waals surface area contributed by atoms with E-state index in [2.05, 4.69) is 46.7 Å². The summed E-state index contributed by atoms with van der Waals surface area (Å²) in [5.74, 6) is 1.80. The Balaban J connectivity index is 1.50. The summed E-state index contributed by atoms with van der Waals surface area (Å²) in [5, 5.41) is 7.02. The number of aryl methyl sites for hydroxylation is 2. The highest BCUT2D eigenvalue weighted by atomic mass is 16.5. The second-order valence-corrected chi connectivity index (χ2v) is 6.73. The van der Waals surface area contributed by atoms with E-state index < -0.39 is 0 Å². The average molecular weight is 327 g/mol. The monoisotopic (exact) mass is 327 g/mol. The lowest BCUT2D eigenvalue weighted by Gasteiger charge is -2.19. The normalized spacial score (nSPS) is 21.1. The minimum absolute atomic E-state index is 0.0806. The predicted molar refractivity (Wildman–Crippen MR) is 92.7 cm³/mol. The van der Waals surface area contributed by atoms with E-state index in [0.717, 1.165) is 31.1 Å². The number of hydrogen-bond acceptors (Lipinski definition) is 4. The number of benzene rings is 1. The molecule has 0 spiro atoms. The van der Waals surface area contributed by atoms with Crippen molar-refractivity contribution in [1.82, 2.24) is 15.4 Å². The summed E-state index contributed by atoms with van der Waals surface area (Å²) >= 11 is 0. The Morgan fingerprint density at radius 1 is 1.33 bits per heavy atom. The van der Waals surface area contributed by atoms with Crippen LogP contribution in [0, 0.1) is 12.8 Å². The number of amides is 1. The molecule has 1 aliphatic heterocycles. The van der Waals surface area contributed by atoms with Gasteiger partial charge >= 0.3 is 0 Å². The maximum Gasteiger partial charge on any atom is 0.220 e. The van der Waals surface area contributed by atoms with Crippen molar-refractivity contribution in [2.24, 2.45) is 5.92 Å². The second kappa shape index (κ2) is 7.62. The smallest absolute Gasteiger partial charge is 0.220 e. The van der Waals surface area contributed by atoms with Crippen molar-refractivity contribution in [2.45, 2.75) is 25.7 Å². The summed E-state index contributed by atoms with van der Waals surface area (Å²) in [6, 6.07) is 12.5. The van der Waals surface area contributed by atoms with E-state index in [-0.39, 0.29) is 5.91 Å². The van der Waals surface area contributed by atoms with Crippen LogP contribution in [-0.2, 0) is 11.2 Å². The molecule has 1 N–H and O–H groups in total. The van der Waals surface area contributed by atoms with E-state index in [1.165, 1.54) is 5.56 Å². The van der Waals surface area contributed by atoms with Crippen LogP contribution in [0.25, 0.3) is 0 Å². The summed E-state index contributed by atoms with van der Waals surface area (Å²) in [4.78, 5) is 14.5. The van der Waals surface area contributed by atoms with Gasteiger partial charge in [-0.3, -0.25) is 4.79 Å². The minimum Gasteiger partial charge on any atom is -0.361 e. The first-order valence-electron chi connectivity index (χ1n) is 8.54. The van der Waals surface area contributed by atoms with E-state index in [4.69, 9.17) is 4.52 Å². The van der Waals surface area contributed by atoms with Crippen molar-refractivity contribution in [3.05, 3.63) is 53.4 Å². The van der Waals surface area contributed by atoms with Gasteiger partial charge in [-0.25, -0.2) is 0 Å². The van der Waals surface area contributed by atoms with Gasteiger partial charge in [-0.15, -0.1) is 0 Å². The van der Waals surface area contributed by atoms with Gasteiger partial charge in [0.05, 0.1) is 5.69 Å². The van der Waals surface area contributed by atoms with Gasteiger partial charge in [0.2, 0.25) is 5.91 Å². The predicted octanol–water partition coefficient (Wildman–Crippen LogP) is 2.38. The fourth-order valence-corrected chi connectivity index (χ4v) is 3.48. The lowest BCUT2D eigenvalue weighted by Crippen LogP contribution is -2.32. The molecule has 1 aliphatic rings. The van der Waals surface area contributed by atoms with Crippen molar-refractivity contribution in [2.75, 3.05) is 26.7 Å². The van der Waals surface area contributed by atoms with Crippen LogP contribution in [0.3, 0.4) is 0 Å². The SMILES string of the molecule is Cc1cc(CCC(=O)NC[C@@H]2CN(C)C[C@H]2c2ccccc2)no1. The van der Waals surface area contributed by atoms with E-state index in [1.54, 1.807) is 0 Å². The Hall–Kier alpha value is -2.14. The molecule has 1 aromatic heterocycles. The Labute approximate surface area is 143 Å². The van der Waals surface area contributed by atoms with Crippen LogP contribution in [-0.4, -0.2) is 42.6 Å². The summed E-state index contributed by atoms with van der Waals surface area (Å²) in [6.07, 6.45) is 1.07. The third-order valence-corrected chi connectivity index (χ3v) is 4.70. The summed E-state index contributed by atoms with van der Waals surface area (Å²) in [7, 11) is 2.14. The summed E-state index contributed by atoms with van der Waals surface area (Å²) in [5.41, 5.74) is 2.20. The van der Waals surface area contributed by atoms with Crippen LogP contribution in [0.1, 0.15) is 29.4 Å². The fraction of sp³-hybridized carbons (Fsp3) is 0.474. The molecule has 0 radical (unpaired) electrons. The minimum atomic E-state index is 0.0806. The maximum absolute atomic E-state index is 12.1. The number of rotatable bonds is 6. The summed E-state index contributed by atoms with van der Waals surface area (Å²) < 4.78 is 5.03. The number of likely N-dealkylation sites (N-methyl/N-ethyl adjacent to an activating group) is 1. The highest BCUT2D eigenvalue weighted by molar-refractivity contribution is 5.76. The van der Waals surface area contributed by atoms with Gasteiger partial charge < -0.3 is 14.7 Å². The van der Waals surface area contributed by atoms with E-state index in [0.29, 0.717) is 24.7 Å². The number of hydrogen-bond donors (Lipinski definition) is 1. The molecule has 5 nitrogen and oxygen atoms in total. The lowest BCUT2D eigenvalue weighted by atomic mass is 9.89. The van der Waals surface area contributed by atoms with Gasteiger partial charge in [0.15, 0.2) is 0 Å². The molecule has 1 amide bonds. The molecule has 5 heteroatoms. The molecule has 0 bridgehead atoms. The zero-order valence-electron chi connectivity index (χ0n) is 14.4. The molecule has 2 heterocycles. The molecule has 0 unspecified atom stereocenters. The van der Waals surface area contributed by atoms with E-state index in [9.17, 15) is 4.79 Å². The topological polar surface area (TPSA) is 58.4 Å². The van der Waals surface area contributed by atoms with Gasteiger partial charge in [0.25, 0.3) is 0 Å². The molecule has 1 saturated heterocycles. The lowest BCUT2D eigenvalue weighted by molar-refractivity contribution is -0.121. The highest BCUT2D eigenvalue weighted by Gasteiger charge is 2.31. The van der Waals surface area contributed by atoms with Crippen molar-refractivity contribution in [3.63, 3.8) is 0 Å². The van der Waals surface area contributed by atoms with Crippen LogP contribution < -0.4 is 5.32 Å². The zero-order valence-corrected chi connectivity index (χ0v) is 14.4. The molecule has 128 valence electrons. The molecule has 1 aromatic carbocycles. The Morgan fingerprint density at radius 3 is 2.83 bits per heavy atom. The Bertz CT molecular complexity index is 668. The molecule has 2 aromatic rings. The van der Waals surface area contributed by atoms with Gasteiger partial charge in [0, 0.05) is 44.5 Å². The van der Waals surface area contributed by atoms with Crippen LogP contribution in [0.15, 0.2) is 40.9 Å². The first-order valence-corrected chi connectivity index (χ1v) is 8.54. The van der Waals surface area contributed by atoms with Gasteiger partial charge in [0.1, 0.15) is 5.76 Å². The molecule has 2 atom stereocenters. The van der Waals surface area contributed by atoms with E-state index in [1.807, 2.05) is 19.1 Å². The number of nitrogens with zero attached hydrogens (tertiary/aromatic N) is 2. The van der Waals surface area contributed by atoms with E-state index >= 15 is 0 Å². The molecule has 0 saturated carbocycles. The largest absolute Gasteiger partial charge is 0.361 e. The zero-order chi connectivity index (χ0) is 16.9. The third-order valence-electron chi connectivity index (χ3n) is 4.70. The molecule has 3 rings (SSSR count). The molecule has 24 heavy (non-hydrogen) atoms. The third kappa shape index (κ3) is 4.23. The number of nitrogens with one attached hydrogen (secondary N) is 1. The number of carbonyl (C=O) groups is 1. The van der Waals surface area contributed by atoms with Crippen LogP contribution in [0.5, 0.6) is 0 Å². The Kier molecular flexibility index (Phi) is 5.30. The quantitative estimate of drug-likeness (QED) is 0.885. The van der Waals surface area contributed by atoms with Crippen LogP contribution in [0.2, 0.25) is 0 Å². The molecule has 0 aliphatic carbocycles. The summed E-state index contributed by atoms with van der Waals surface area (Å²) in [6.45, 7) is 4.64. The number of aromatic nitrogens is 1. The van der Waals surface area contributed by atoms with Crippen molar-refractivity contribution in [1.29, 1.82) is 0 Å². The van der Waals surface area contributed by atoms with Crippen molar-refractivity contribution < 1.29 is 9.32 Å². The molecular weight excluding hydrogens is 302 g/mol. The second-order valence-electron chi connectivity index (χ2n) is 6.73. The first-order chi connectivity index (χ1) is 11.6. The molecular formula is C19H25N3O2. The van der Waals surface area contributed by atoms with Crippen LogP contribution in [0.4, 0.5) is 0 Å². The van der Waals surface area contributed by atoms with Gasteiger partial charge in [-0.05, 0) is 25.5 Å². The first kappa shape index (κ1) is 16.7. The number of carbonyl (C=O) groups excluding carboxylic acids is 1. The average Bonchev–Trinajstić information content (AvgIpc) is 3.17. The maximum atomic E-state index is 12.1. The van der Waals surface area contributed by atoms with Gasteiger partial charge in [-0.1, -0.05) is 35.5 Å². The highest BCUT2D eigenvalue weighted by Crippen LogP contribution is 2.31. The van der Waals surface area contributed by atoms with Crippen molar-refractivity contribution >= 4 is 5.91 Å². The van der Waals surface area contributed by atoms with Gasteiger partial charge in [-0.2, -0.15) is 0 Å².